The molecule has 0 rings (SSSR count). The Bertz CT molecular complexity index is 69.9. The average Bonchev–Trinajstić information content (AvgIpc) is 1.62. The molecule has 0 radical (unpaired) electrons. The van der Waals surface area contributed by atoms with Gasteiger partial charge in [0.2, 0.25) is 0 Å². The molecule has 58 valence electrons. The van der Waals surface area contributed by atoms with E-state index in [-0.39, 0.29) is 12.4 Å². The summed E-state index contributed by atoms with van der Waals surface area (Å²) in [5.41, 5.74) is 0. The largest absolute Gasteiger partial charge is 1.00 e. The van der Waals surface area contributed by atoms with Gasteiger partial charge in [0.05, 0.1) is 21.1 Å². The number of halogens is 1. The second kappa shape index (κ2) is 4.42. The van der Waals surface area contributed by atoms with E-state index in [1.165, 1.54) is 0 Å². The molecule has 0 spiro atoms. The maximum atomic E-state index is 4.38. The van der Waals surface area contributed by atoms with Crippen molar-refractivity contribution < 1.29 is 16.9 Å². The first-order valence-corrected chi connectivity index (χ1v) is 3.49. The van der Waals surface area contributed by atoms with Crippen molar-refractivity contribution in [2.75, 3.05) is 21.1 Å². The van der Waals surface area contributed by atoms with Crippen molar-refractivity contribution in [3.05, 3.63) is 0 Å². The Balaban J connectivity index is 0. The van der Waals surface area contributed by atoms with Crippen LogP contribution < -0.4 is 12.4 Å². The van der Waals surface area contributed by atoms with Gasteiger partial charge in [-0.2, -0.15) is 0 Å². The zero-order valence-electron chi connectivity index (χ0n) is 6.56. The van der Waals surface area contributed by atoms with Crippen LogP contribution in [0.25, 0.3) is 0 Å². The summed E-state index contributed by atoms with van der Waals surface area (Å²) in [6.45, 7) is 2.15. The van der Waals surface area contributed by atoms with E-state index >= 15 is 0 Å². The van der Waals surface area contributed by atoms with E-state index in [1.807, 2.05) is 0 Å². The Morgan fingerprint density at radius 3 is 1.67 bits per heavy atom. The average molecular weight is 170 g/mol. The predicted octanol–water partition coefficient (Wildman–Crippen LogP) is -1.64. The minimum Gasteiger partial charge on any atom is -1.00 e. The highest BCUT2D eigenvalue weighted by Crippen LogP contribution is 2.09. The summed E-state index contributed by atoms with van der Waals surface area (Å²) >= 11 is 4.38. The van der Waals surface area contributed by atoms with Crippen molar-refractivity contribution >= 4 is 12.6 Å². The molecule has 0 N–H and O–H groups in total. The summed E-state index contributed by atoms with van der Waals surface area (Å²) in [4.78, 5) is 0. The van der Waals surface area contributed by atoms with Gasteiger partial charge >= 0.3 is 0 Å². The highest BCUT2D eigenvalue weighted by molar-refractivity contribution is 7.80. The number of hydrogen-bond acceptors (Lipinski definition) is 1. The standard InChI is InChI=1S/C6H15NS.ClH/c1-5-6(8)7(2,3)4;/h6H,5H2,1-4H3;1H. The molecule has 0 amide bonds. The normalized spacial score (nSPS) is 14.3. The van der Waals surface area contributed by atoms with Gasteiger partial charge in [-0.05, 0) is 0 Å². The number of thiol groups is 1. The van der Waals surface area contributed by atoms with Crippen LogP contribution in [0.15, 0.2) is 0 Å². The molecule has 0 aliphatic heterocycles. The van der Waals surface area contributed by atoms with Gasteiger partial charge in [-0.1, -0.05) is 6.92 Å². The highest BCUT2D eigenvalue weighted by atomic mass is 35.5. The van der Waals surface area contributed by atoms with E-state index in [0.29, 0.717) is 5.37 Å². The lowest BCUT2D eigenvalue weighted by Gasteiger charge is -2.29. The first kappa shape index (κ1) is 12.3. The van der Waals surface area contributed by atoms with E-state index in [0.717, 1.165) is 10.9 Å². The van der Waals surface area contributed by atoms with Crippen LogP contribution >= 0.6 is 12.6 Å². The first-order chi connectivity index (χ1) is 3.48. The molecule has 0 heterocycles. The Labute approximate surface area is 69.8 Å². The Hall–Kier alpha value is 0.600. The van der Waals surface area contributed by atoms with E-state index < -0.39 is 0 Å². The quantitative estimate of drug-likeness (QED) is 0.286. The highest BCUT2D eigenvalue weighted by Gasteiger charge is 2.15. The molecular weight excluding hydrogens is 154 g/mol. The van der Waals surface area contributed by atoms with Gasteiger partial charge in [-0.3, -0.25) is 0 Å². The van der Waals surface area contributed by atoms with E-state index in [1.54, 1.807) is 0 Å². The van der Waals surface area contributed by atoms with Crippen molar-refractivity contribution in [3.63, 3.8) is 0 Å². The number of nitrogens with zero attached hydrogens (tertiary/aromatic N) is 1. The van der Waals surface area contributed by atoms with Crippen LogP contribution in [-0.4, -0.2) is 31.0 Å². The molecule has 1 nitrogen and oxygen atoms in total. The van der Waals surface area contributed by atoms with Gasteiger partial charge in [-0.15, -0.1) is 12.6 Å². The fourth-order valence-electron chi connectivity index (χ4n) is 0.548. The van der Waals surface area contributed by atoms with Crippen LogP contribution in [0.3, 0.4) is 0 Å². The molecule has 1 unspecified atom stereocenters. The van der Waals surface area contributed by atoms with Crippen LogP contribution in [0.4, 0.5) is 0 Å². The summed E-state index contributed by atoms with van der Waals surface area (Å²) in [5.74, 6) is 0. The molecule has 0 aromatic heterocycles. The zero-order chi connectivity index (χ0) is 6.78. The molecule has 9 heavy (non-hydrogen) atoms. The summed E-state index contributed by atoms with van der Waals surface area (Å²) in [6.07, 6.45) is 1.13. The number of hydrogen-bond donors (Lipinski definition) is 1. The van der Waals surface area contributed by atoms with Crippen LogP contribution in [0.2, 0.25) is 0 Å². The van der Waals surface area contributed by atoms with Crippen LogP contribution in [-0.2, 0) is 0 Å². The number of rotatable bonds is 2. The summed E-state index contributed by atoms with van der Waals surface area (Å²) < 4.78 is 0.944. The van der Waals surface area contributed by atoms with Crippen molar-refractivity contribution in [3.8, 4) is 0 Å². The third kappa shape index (κ3) is 5.07. The lowest BCUT2D eigenvalue weighted by Crippen LogP contribution is -3.00. The van der Waals surface area contributed by atoms with Gasteiger partial charge in [-0.25, -0.2) is 0 Å². The molecule has 1 atom stereocenters. The molecular formula is C6H16ClNS. The van der Waals surface area contributed by atoms with Crippen molar-refractivity contribution in [1.29, 1.82) is 0 Å². The second-order valence-corrected chi connectivity index (χ2v) is 3.60. The Morgan fingerprint density at radius 2 is 1.67 bits per heavy atom. The van der Waals surface area contributed by atoms with Gasteiger partial charge in [0, 0.05) is 6.42 Å². The second-order valence-electron chi connectivity index (χ2n) is 3.01. The maximum Gasteiger partial charge on any atom is 0.132 e. The molecule has 0 aliphatic carbocycles. The van der Waals surface area contributed by atoms with E-state index in [2.05, 4.69) is 40.7 Å². The lowest BCUT2D eigenvalue weighted by atomic mass is 10.4. The van der Waals surface area contributed by atoms with Crippen LogP contribution in [0.1, 0.15) is 13.3 Å². The minimum atomic E-state index is 0. The summed E-state index contributed by atoms with van der Waals surface area (Å²) in [5, 5.41) is 0.481. The summed E-state index contributed by atoms with van der Waals surface area (Å²) in [7, 11) is 6.46. The van der Waals surface area contributed by atoms with Crippen LogP contribution in [0.5, 0.6) is 0 Å². The molecule has 0 aliphatic rings. The lowest BCUT2D eigenvalue weighted by molar-refractivity contribution is -0.880. The van der Waals surface area contributed by atoms with Gasteiger partial charge in [0.25, 0.3) is 0 Å². The topological polar surface area (TPSA) is 0 Å². The van der Waals surface area contributed by atoms with Crippen molar-refractivity contribution in [2.24, 2.45) is 0 Å². The SMILES string of the molecule is CCC(S)[N+](C)(C)C.[Cl-]. The van der Waals surface area contributed by atoms with Gasteiger partial charge in [0.15, 0.2) is 0 Å². The Kier molecular flexibility index (Phi) is 6.04. The Morgan fingerprint density at radius 1 is 1.33 bits per heavy atom. The maximum absolute atomic E-state index is 4.38. The molecule has 0 saturated heterocycles. The van der Waals surface area contributed by atoms with Crippen molar-refractivity contribution in [2.45, 2.75) is 18.7 Å². The predicted molar refractivity (Wildman–Crippen MR) is 41.1 cm³/mol. The molecule has 0 fully saturated rings. The first-order valence-electron chi connectivity index (χ1n) is 2.97. The molecule has 0 saturated carbocycles. The van der Waals surface area contributed by atoms with E-state index in [4.69, 9.17) is 0 Å². The minimum absolute atomic E-state index is 0. The third-order valence-corrected chi connectivity index (χ3v) is 2.32. The van der Waals surface area contributed by atoms with Gasteiger partial charge < -0.3 is 16.9 Å². The summed E-state index contributed by atoms with van der Waals surface area (Å²) in [6, 6.07) is 0. The monoisotopic (exact) mass is 169 g/mol. The van der Waals surface area contributed by atoms with Gasteiger partial charge in [0.1, 0.15) is 5.37 Å². The molecule has 3 heteroatoms. The third-order valence-electron chi connectivity index (χ3n) is 1.26. The number of quaternary nitrogens is 1. The van der Waals surface area contributed by atoms with Crippen LogP contribution in [0, 0.1) is 0 Å². The molecule has 0 aromatic rings. The molecule has 0 bridgehead atoms. The fraction of sp³-hybridized carbons (Fsp3) is 1.00. The zero-order valence-corrected chi connectivity index (χ0v) is 8.21. The smallest absolute Gasteiger partial charge is 0.132 e. The fourth-order valence-corrected chi connectivity index (χ4v) is 0.548. The molecule has 0 aromatic carbocycles. The van der Waals surface area contributed by atoms with E-state index in [9.17, 15) is 0 Å². The van der Waals surface area contributed by atoms with Crippen molar-refractivity contribution in [1.82, 2.24) is 0 Å².